The molecule has 0 saturated heterocycles. The number of para-hydroxylation sites is 2. The number of anilines is 1. The number of nitrogens with two attached hydrogens (primary N) is 1. The number of ether oxygens (including phenoxy) is 2. The van der Waals surface area contributed by atoms with Gasteiger partial charge in [-0.05, 0) is 42.3 Å². The van der Waals surface area contributed by atoms with Crippen LogP contribution in [-0.2, 0) is 30.8 Å². The van der Waals surface area contributed by atoms with Gasteiger partial charge in [0, 0.05) is 23.4 Å². The van der Waals surface area contributed by atoms with E-state index in [0.29, 0.717) is 46.8 Å². The van der Waals surface area contributed by atoms with Crippen LogP contribution in [0.1, 0.15) is 22.6 Å². The maximum absolute atomic E-state index is 13.1. The van der Waals surface area contributed by atoms with Crippen molar-refractivity contribution in [2.75, 3.05) is 18.1 Å². The summed E-state index contributed by atoms with van der Waals surface area (Å²) in [6, 6.07) is 18.8. The Labute approximate surface area is 190 Å². The van der Waals surface area contributed by atoms with Gasteiger partial charge in [0.2, 0.25) is 10.0 Å². The molecule has 33 heavy (non-hydrogen) atoms. The minimum absolute atomic E-state index is 0.00109. The zero-order valence-electron chi connectivity index (χ0n) is 17.4. The van der Waals surface area contributed by atoms with Crippen LogP contribution in [0.3, 0.4) is 0 Å². The summed E-state index contributed by atoms with van der Waals surface area (Å²) in [5, 5.41) is 5.19. The summed E-state index contributed by atoms with van der Waals surface area (Å²) in [6.07, 6.45) is 0.485. The molecule has 9 heteroatoms. The highest BCUT2D eigenvalue weighted by Gasteiger charge is 2.34. The second-order valence-electron chi connectivity index (χ2n) is 7.85. The van der Waals surface area contributed by atoms with Crippen molar-refractivity contribution in [2.24, 2.45) is 5.14 Å². The molecule has 2 aliphatic rings. The van der Waals surface area contributed by atoms with E-state index in [1.165, 1.54) is 17.0 Å². The molecule has 0 unspecified atom stereocenters. The van der Waals surface area contributed by atoms with E-state index in [9.17, 15) is 18.0 Å². The van der Waals surface area contributed by atoms with Crippen molar-refractivity contribution in [2.45, 2.75) is 17.2 Å². The van der Waals surface area contributed by atoms with Crippen molar-refractivity contribution in [3.63, 3.8) is 0 Å². The topological polar surface area (TPSA) is 116 Å². The Morgan fingerprint density at radius 1 is 1.00 bits per heavy atom. The Bertz CT molecular complexity index is 1340. The Morgan fingerprint density at radius 3 is 2.27 bits per heavy atom. The molecule has 1 amide bonds. The number of carbonyl (C=O) groups excluding carboxylic acids is 2. The molecule has 8 nitrogen and oxygen atoms in total. The SMILES string of the molecule is NS(=O)(=O)c1ccc2c(c1)CCN2C(=O)COC(=O)C1c2ccccc2Oc2ccccc21. The second-order valence-corrected chi connectivity index (χ2v) is 9.41. The van der Waals surface area contributed by atoms with Crippen molar-refractivity contribution in [3.05, 3.63) is 83.4 Å². The van der Waals surface area contributed by atoms with E-state index in [4.69, 9.17) is 14.6 Å². The number of carbonyl (C=O) groups is 2. The van der Waals surface area contributed by atoms with E-state index >= 15 is 0 Å². The lowest BCUT2D eigenvalue weighted by Crippen LogP contribution is -2.34. The highest BCUT2D eigenvalue weighted by molar-refractivity contribution is 7.89. The first kappa shape index (κ1) is 21.2. The maximum Gasteiger partial charge on any atom is 0.318 e. The van der Waals surface area contributed by atoms with Gasteiger partial charge in [-0.25, -0.2) is 13.6 Å². The Hall–Kier alpha value is -3.69. The van der Waals surface area contributed by atoms with Crippen molar-refractivity contribution in [1.29, 1.82) is 0 Å². The van der Waals surface area contributed by atoms with Gasteiger partial charge >= 0.3 is 5.97 Å². The van der Waals surface area contributed by atoms with Crippen LogP contribution >= 0.6 is 0 Å². The predicted octanol–water partition coefficient (Wildman–Crippen LogP) is 2.70. The number of sulfonamides is 1. The molecule has 5 rings (SSSR count). The lowest BCUT2D eigenvalue weighted by molar-refractivity contribution is -0.148. The smallest absolute Gasteiger partial charge is 0.318 e. The molecule has 0 spiro atoms. The zero-order valence-corrected chi connectivity index (χ0v) is 18.2. The molecule has 0 radical (unpaired) electrons. The van der Waals surface area contributed by atoms with Crippen LogP contribution in [0.5, 0.6) is 11.5 Å². The number of primary sulfonamides is 1. The van der Waals surface area contributed by atoms with Crippen LogP contribution < -0.4 is 14.8 Å². The van der Waals surface area contributed by atoms with Crippen LogP contribution in [0.15, 0.2) is 71.6 Å². The number of nitrogens with zero attached hydrogens (tertiary/aromatic N) is 1. The van der Waals surface area contributed by atoms with Gasteiger partial charge in [0.15, 0.2) is 6.61 Å². The Morgan fingerprint density at radius 2 is 1.64 bits per heavy atom. The first-order valence-electron chi connectivity index (χ1n) is 10.3. The normalized spacial score (nSPS) is 14.6. The molecule has 2 aliphatic heterocycles. The molecule has 2 N–H and O–H groups in total. The zero-order chi connectivity index (χ0) is 23.2. The highest BCUT2D eigenvalue weighted by atomic mass is 32.2. The predicted molar refractivity (Wildman–Crippen MR) is 120 cm³/mol. The molecule has 0 saturated carbocycles. The summed E-state index contributed by atoms with van der Waals surface area (Å²) in [4.78, 5) is 27.5. The number of benzene rings is 3. The van der Waals surface area contributed by atoms with Crippen molar-refractivity contribution in [3.8, 4) is 11.5 Å². The monoisotopic (exact) mass is 464 g/mol. The van der Waals surface area contributed by atoms with Crippen LogP contribution in [0, 0.1) is 0 Å². The molecular weight excluding hydrogens is 444 g/mol. The number of hydrogen-bond acceptors (Lipinski definition) is 6. The third-order valence-electron chi connectivity index (χ3n) is 5.83. The average Bonchev–Trinajstić information content (AvgIpc) is 3.23. The lowest BCUT2D eigenvalue weighted by atomic mass is 9.88. The Kier molecular flexibility index (Phi) is 5.15. The fourth-order valence-electron chi connectivity index (χ4n) is 4.27. The molecule has 0 bridgehead atoms. The summed E-state index contributed by atoms with van der Waals surface area (Å²) < 4.78 is 34.5. The number of fused-ring (bicyclic) bond motifs is 3. The van der Waals surface area contributed by atoms with Gasteiger partial charge in [0.1, 0.15) is 17.4 Å². The molecule has 168 valence electrons. The van der Waals surface area contributed by atoms with Crippen molar-refractivity contribution in [1.82, 2.24) is 0 Å². The largest absolute Gasteiger partial charge is 0.457 e. The summed E-state index contributed by atoms with van der Waals surface area (Å²) in [5.41, 5.74) is 2.64. The lowest BCUT2D eigenvalue weighted by Gasteiger charge is -2.27. The Balaban J connectivity index is 1.34. The minimum atomic E-state index is -3.83. The van der Waals surface area contributed by atoms with Crippen LogP contribution in [0.25, 0.3) is 0 Å². The van der Waals surface area contributed by atoms with Gasteiger partial charge in [0.25, 0.3) is 5.91 Å². The van der Waals surface area contributed by atoms with Crippen molar-refractivity contribution >= 4 is 27.6 Å². The number of hydrogen-bond donors (Lipinski definition) is 1. The molecule has 0 aliphatic carbocycles. The molecule has 2 heterocycles. The molecule has 0 fully saturated rings. The molecule has 0 aromatic heterocycles. The second kappa shape index (κ2) is 8.02. The third-order valence-corrected chi connectivity index (χ3v) is 6.74. The van der Waals surface area contributed by atoms with Gasteiger partial charge in [-0.2, -0.15) is 0 Å². The quantitative estimate of drug-likeness (QED) is 0.594. The number of esters is 1. The minimum Gasteiger partial charge on any atom is -0.457 e. The highest BCUT2D eigenvalue weighted by Crippen LogP contribution is 2.44. The van der Waals surface area contributed by atoms with Gasteiger partial charge in [-0.3, -0.25) is 9.59 Å². The van der Waals surface area contributed by atoms with E-state index in [0.717, 1.165) is 0 Å². The van der Waals surface area contributed by atoms with Crippen molar-refractivity contribution < 1.29 is 27.5 Å². The molecule has 0 atom stereocenters. The van der Waals surface area contributed by atoms with Gasteiger partial charge < -0.3 is 14.4 Å². The van der Waals surface area contributed by atoms with Gasteiger partial charge in [-0.15, -0.1) is 0 Å². The van der Waals surface area contributed by atoms with E-state index < -0.39 is 28.5 Å². The van der Waals surface area contributed by atoms with Crippen LogP contribution in [0.2, 0.25) is 0 Å². The number of rotatable bonds is 4. The van der Waals surface area contributed by atoms with E-state index in [2.05, 4.69) is 0 Å². The van der Waals surface area contributed by atoms with E-state index in [1.807, 2.05) is 24.3 Å². The van der Waals surface area contributed by atoms with Gasteiger partial charge in [-0.1, -0.05) is 36.4 Å². The van der Waals surface area contributed by atoms with Crippen LogP contribution in [-0.4, -0.2) is 33.4 Å². The van der Waals surface area contributed by atoms with E-state index in [1.54, 1.807) is 30.3 Å². The first-order valence-corrected chi connectivity index (χ1v) is 11.9. The van der Waals surface area contributed by atoms with Gasteiger partial charge in [0.05, 0.1) is 4.90 Å². The third kappa shape index (κ3) is 3.85. The maximum atomic E-state index is 13.1. The summed E-state index contributed by atoms with van der Waals surface area (Å²) in [7, 11) is -3.83. The number of amides is 1. The summed E-state index contributed by atoms with van der Waals surface area (Å²) in [6.45, 7) is -0.0698. The van der Waals surface area contributed by atoms with E-state index in [-0.39, 0.29) is 10.8 Å². The molecular formula is C24H20N2O6S. The molecule has 3 aromatic carbocycles. The standard InChI is InChI=1S/C24H20N2O6S/c25-33(29,30)16-9-10-19-15(13-16)11-12-26(19)22(27)14-31-24(28)23-17-5-1-3-7-20(17)32-21-8-4-2-6-18(21)23/h1-10,13,23H,11-12,14H2,(H2,25,29,30). The average molecular weight is 464 g/mol. The van der Waals surface area contributed by atoms with Crippen LogP contribution in [0.4, 0.5) is 5.69 Å². The first-order chi connectivity index (χ1) is 15.8. The summed E-state index contributed by atoms with van der Waals surface area (Å²) >= 11 is 0. The molecule has 3 aromatic rings. The fourth-order valence-corrected chi connectivity index (χ4v) is 4.84. The fraction of sp³-hybridized carbons (Fsp3) is 0.167. The summed E-state index contributed by atoms with van der Waals surface area (Å²) in [5.74, 6) is -0.496.